The summed E-state index contributed by atoms with van der Waals surface area (Å²) in [4.78, 5) is 8.92. The third kappa shape index (κ3) is 3.70. The van der Waals surface area contributed by atoms with Crippen molar-refractivity contribution in [2.45, 2.75) is 33.8 Å². The summed E-state index contributed by atoms with van der Waals surface area (Å²) >= 11 is 0. The highest BCUT2D eigenvalue weighted by Gasteiger charge is 2.12. The summed E-state index contributed by atoms with van der Waals surface area (Å²) in [5.74, 6) is 2.75. The number of anilines is 1. The van der Waals surface area contributed by atoms with Gasteiger partial charge in [-0.3, -0.25) is 0 Å². The maximum atomic E-state index is 9.19. The van der Waals surface area contributed by atoms with Crippen molar-refractivity contribution < 1.29 is 9.84 Å². The van der Waals surface area contributed by atoms with Crippen LogP contribution in [0.15, 0.2) is 24.3 Å². The van der Waals surface area contributed by atoms with Crippen LogP contribution in [0.1, 0.15) is 30.8 Å². The largest absolute Gasteiger partial charge is 0.439 e. The Labute approximate surface area is 125 Å². The molecule has 0 bridgehead atoms. The molecule has 2 aromatic rings. The molecule has 2 N–H and O–H groups in total. The second-order valence-electron chi connectivity index (χ2n) is 4.71. The van der Waals surface area contributed by atoms with Crippen molar-refractivity contribution in [3.63, 3.8) is 0 Å². The monoisotopic (exact) mass is 287 g/mol. The van der Waals surface area contributed by atoms with E-state index in [9.17, 15) is 5.11 Å². The fourth-order valence-corrected chi connectivity index (χ4v) is 1.96. The Morgan fingerprint density at radius 1 is 1.24 bits per heavy atom. The first kappa shape index (κ1) is 15.3. The standard InChI is InChI=1S/C16H21N3O2/c1-4-14-18-15(17-5-2)11(3)16(19-14)21-13-8-6-7-12(9-13)10-20/h6-9,20H,4-5,10H2,1-3H3,(H,17,18,19). The van der Waals surface area contributed by atoms with E-state index in [1.54, 1.807) is 6.07 Å². The van der Waals surface area contributed by atoms with Gasteiger partial charge in [-0.15, -0.1) is 0 Å². The van der Waals surface area contributed by atoms with Gasteiger partial charge in [-0.2, -0.15) is 4.98 Å². The number of hydrogen-bond acceptors (Lipinski definition) is 5. The lowest BCUT2D eigenvalue weighted by molar-refractivity contribution is 0.281. The third-order valence-electron chi connectivity index (χ3n) is 3.10. The van der Waals surface area contributed by atoms with Crippen molar-refractivity contribution >= 4 is 5.82 Å². The average molecular weight is 287 g/mol. The Bertz CT molecular complexity index is 614. The molecule has 0 aliphatic heterocycles. The second-order valence-corrected chi connectivity index (χ2v) is 4.71. The molecule has 0 aliphatic rings. The summed E-state index contributed by atoms with van der Waals surface area (Å²) in [6.45, 7) is 6.75. The highest BCUT2D eigenvalue weighted by Crippen LogP contribution is 2.27. The zero-order valence-corrected chi connectivity index (χ0v) is 12.7. The molecule has 0 fully saturated rings. The average Bonchev–Trinajstić information content (AvgIpc) is 2.51. The van der Waals surface area contributed by atoms with Crippen LogP contribution in [0.5, 0.6) is 11.6 Å². The molecule has 21 heavy (non-hydrogen) atoms. The molecule has 0 aliphatic carbocycles. The Morgan fingerprint density at radius 3 is 2.71 bits per heavy atom. The summed E-state index contributed by atoms with van der Waals surface area (Å²) in [6.07, 6.45) is 0.742. The molecule has 1 aromatic carbocycles. The first-order valence-corrected chi connectivity index (χ1v) is 7.17. The summed E-state index contributed by atoms with van der Waals surface area (Å²) in [5.41, 5.74) is 1.69. The zero-order valence-electron chi connectivity index (χ0n) is 12.7. The van der Waals surface area contributed by atoms with E-state index in [-0.39, 0.29) is 6.61 Å². The van der Waals surface area contributed by atoms with Crippen LogP contribution < -0.4 is 10.1 Å². The number of nitrogens with zero attached hydrogens (tertiary/aromatic N) is 2. The van der Waals surface area contributed by atoms with Crippen LogP contribution >= 0.6 is 0 Å². The van der Waals surface area contributed by atoms with Crippen LogP contribution in [0.4, 0.5) is 5.82 Å². The van der Waals surface area contributed by atoms with Crippen molar-refractivity contribution in [1.82, 2.24) is 9.97 Å². The molecule has 2 rings (SSSR count). The number of nitrogens with one attached hydrogen (secondary N) is 1. The molecular weight excluding hydrogens is 266 g/mol. The van der Waals surface area contributed by atoms with Gasteiger partial charge in [-0.25, -0.2) is 4.98 Å². The van der Waals surface area contributed by atoms with Gasteiger partial charge in [-0.1, -0.05) is 19.1 Å². The Hall–Kier alpha value is -2.14. The maximum Gasteiger partial charge on any atom is 0.227 e. The number of rotatable bonds is 6. The summed E-state index contributed by atoms with van der Waals surface area (Å²) < 4.78 is 5.88. The Kier molecular flexibility index (Phi) is 5.11. The molecular formula is C16H21N3O2. The molecule has 1 heterocycles. The van der Waals surface area contributed by atoms with Crippen molar-refractivity contribution in [2.24, 2.45) is 0 Å². The number of aryl methyl sites for hydroxylation is 1. The lowest BCUT2D eigenvalue weighted by Gasteiger charge is -2.13. The van der Waals surface area contributed by atoms with Gasteiger partial charge in [0.15, 0.2) is 0 Å². The number of aliphatic hydroxyl groups excluding tert-OH is 1. The molecule has 0 radical (unpaired) electrons. The van der Waals surface area contributed by atoms with Gasteiger partial charge in [0.05, 0.1) is 12.2 Å². The van der Waals surface area contributed by atoms with E-state index in [0.717, 1.165) is 35.7 Å². The first-order chi connectivity index (χ1) is 10.2. The minimum atomic E-state index is -0.0111. The smallest absolute Gasteiger partial charge is 0.227 e. The minimum Gasteiger partial charge on any atom is -0.439 e. The molecule has 0 spiro atoms. The quantitative estimate of drug-likeness (QED) is 0.854. The number of hydrogen-bond donors (Lipinski definition) is 2. The highest BCUT2D eigenvalue weighted by atomic mass is 16.5. The van der Waals surface area contributed by atoms with Gasteiger partial charge >= 0.3 is 0 Å². The maximum absolute atomic E-state index is 9.19. The fourth-order valence-electron chi connectivity index (χ4n) is 1.96. The van der Waals surface area contributed by atoms with Gasteiger partial charge in [-0.05, 0) is 31.5 Å². The molecule has 1 aromatic heterocycles. The van der Waals surface area contributed by atoms with E-state index in [1.807, 2.05) is 39.0 Å². The molecule has 0 amide bonds. The van der Waals surface area contributed by atoms with E-state index in [0.29, 0.717) is 11.6 Å². The van der Waals surface area contributed by atoms with Crippen LogP contribution in [-0.2, 0) is 13.0 Å². The van der Waals surface area contributed by atoms with Gasteiger partial charge in [0.25, 0.3) is 0 Å². The number of benzene rings is 1. The normalized spacial score (nSPS) is 10.5. The predicted molar refractivity (Wildman–Crippen MR) is 82.7 cm³/mol. The zero-order chi connectivity index (χ0) is 15.2. The first-order valence-electron chi connectivity index (χ1n) is 7.17. The molecule has 112 valence electrons. The Morgan fingerprint density at radius 2 is 2.05 bits per heavy atom. The molecule has 5 heteroatoms. The van der Waals surface area contributed by atoms with E-state index < -0.39 is 0 Å². The van der Waals surface area contributed by atoms with Crippen molar-refractivity contribution in [1.29, 1.82) is 0 Å². The second kappa shape index (κ2) is 7.04. The molecule has 0 atom stereocenters. The highest BCUT2D eigenvalue weighted by molar-refractivity contribution is 5.49. The van der Waals surface area contributed by atoms with Gasteiger partial charge in [0.2, 0.25) is 5.88 Å². The van der Waals surface area contributed by atoms with E-state index >= 15 is 0 Å². The fraction of sp³-hybridized carbons (Fsp3) is 0.375. The van der Waals surface area contributed by atoms with Crippen molar-refractivity contribution in [2.75, 3.05) is 11.9 Å². The minimum absolute atomic E-state index is 0.0111. The SMILES string of the molecule is CCNc1nc(CC)nc(Oc2cccc(CO)c2)c1C. The van der Waals surface area contributed by atoms with Crippen LogP contribution in [0.2, 0.25) is 0 Å². The van der Waals surface area contributed by atoms with E-state index in [1.165, 1.54) is 0 Å². The van der Waals surface area contributed by atoms with Gasteiger partial charge < -0.3 is 15.2 Å². The number of aliphatic hydroxyl groups is 1. The van der Waals surface area contributed by atoms with E-state index in [4.69, 9.17) is 4.74 Å². The van der Waals surface area contributed by atoms with Gasteiger partial charge in [0, 0.05) is 13.0 Å². The topological polar surface area (TPSA) is 67.3 Å². The summed E-state index contributed by atoms with van der Waals surface area (Å²) in [6, 6.07) is 7.35. The lowest BCUT2D eigenvalue weighted by Crippen LogP contribution is -2.07. The number of ether oxygens (including phenoxy) is 1. The summed E-state index contributed by atoms with van der Waals surface area (Å²) in [7, 11) is 0. The molecule has 0 saturated heterocycles. The van der Waals surface area contributed by atoms with Crippen LogP contribution in [0, 0.1) is 6.92 Å². The predicted octanol–water partition coefficient (Wildman–Crippen LogP) is 3.06. The third-order valence-corrected chi connectivity index (χ3v) is 3.10. The molecule has 0 unspecified atom stereocenters. The lowest BCUT2D eigenvalue weighted by atomic mass is 10.2. The summed E-state index contributed by atoms with van der Waals surface area (Å²) in [5, 5.41) is 12.4. The van der Waals surface area contributed by atoms with Crippen LogP contribution in [-0.4, -0.2) is 21.6 Å². The number of aromatic nitrogens is 2. The van der Waals surface area contributed by atoms with E-state index in [2.05, 4.69) is 15.3 Å². The Balaban J connectivity index is 2.35. The van der Waals surface area contributed by atoms with Crippen molar-refractivity contribution in [3.8, 4) is 11.6 Å². The van der Waals surface area contributed by atoms with Crippen molar-refractivity contribution in [3.05, 3.63) is 41.2 Å². The van der Waals surface area contributed by atoms with Crippen LogP contribution in [0.3, 0.4) is 0 Å². The molecule has 0 saturated carbocycles. The van der Waals surface area contributed by atoms with Gasteiger partial charge in [0.1, 0.15) is 17.4 Å². The molecule has 5 nitrogen and oxygen atoms in total. The van der Waals surface area contributed by atoms with Crippen LogP contribution in [0.25, 0.3) is 0 Å².